The number of hydrogen-bond donors (Lipinski definition) is 1. The first kappa shape index (κ1) is 21.4. The van der Waals surface area contributed by atoms with E-state index >= 15 is 0 Å². The number of esters is 1. The van der Waals surface area contributed by atoms with E-state index in [4.69, 9.17) is 4.74 Å². The van der Waals surface area contributed by atoms with Gasteiger partial charge in [0.15, 0.2) is 12.4 Å². The third-order valence-electron chi connectivity index (χ3n) is 4.78. The molecule has 0 aliphatic carbocycles. The van der Waals surface area contributed by atoms with Gasteiger partial charge < -0.3 is 10.1 Å². The SMILES string of the molecule is CCC(=O)Nc1ccc(C(=O)COC(=O)[C@H](c2ccccc2)[C@H](C)CC)cc1. The Labute approximate surface area is 166 Å². The predicted octanol–water partition coefficient (Wildman–Crippen LogP) is 4.59. The van der Waals surface area contributed by atoms with Gasteiger partial charge in [-0.3, -0.25) is 14.4 Å². The van der Waals surface area contributed by atoms with Crippen LogP contribution in [0.5, 0.6) is 0 Å². The largest absolute Gasteiger partial charge is 0.457 e. The summed E-state index contributed by atoms with van der Waals surface area (Å²) in [7, 11) is 0. The predicted molar refractivity (Wildman–Crippen MR) is 109 cm³/mol. The van der Waals surface area contributed by atoms with Crippen molar-refractivity contribution in [1.82, 2.24) is 0 Å². The monoisotopic (exact) mass is 381 g/mol. The average Bonchev–Trinajstić information content (AvgIpc) is 2.73. The van der Waals surface area contributed by atoms with Crippen LogP contribution in [-0.4, -0.2) is 24.3 Å². The Morgan fingerprint density at radius 3 is 2.18 bits per heavy atom. The van der Waals surface area contributed by atoms with E-state index in [2.05, 4.69) is 5.32 Å². The molecule has 2 aromatic carbocycles. The molecule has 0 heterocycles. The van der Waals surface area contributed by atoms with Gasteiger partial charge in [0.25, 0.3) is 0 Å². The van der Waals surface area contributed by atoms with Gasteiger partial charge in [0, 0.05) is 17.7 Å². The molecular formula is C23H27NO4. The summed E-state index contributed by atoms with van der Waals surface area (Å²) in [6.45, 7) is 5.49. The zero-order valence-electron chi connectivity index (χ0n) is 16.6. The molecule has 0 fully saturated rings. The summed E-state index contributed by atoms with van der Waals surface area (Å²) < 4.78 is 5.35. The maximum atomic E-state index is 12.7. The second kappa shape index (κ2) is 10.4. The number of nitrogens with one attached hydrogen (secondary N) is 1. The highest BCUT2D eigenvalue weighted by Crippen LogP contribution is 2.28. The van der Waals surface area contributed by atoms with E-state index in [1.807, 2.05) is 44.2 Å². The Balaban J connectivity index is 2.00. The third kappa shape index (κ3) is 5.78. The molecule has 2 rings (SSSR count). The molecule has 148 valence electrons. The van der Waals surface area contributed by atoms with E-state index in [1.54, 1.807) is 31.2 Å². The molecule has 2 aromatic rings. The van der Waals surface area contributed by atoms with Crippen LogP contribution >= 0.6 is 0 Å². The van der Waals surface area contributed by atoms with Crippen molar-refractivity contribution >= 4 is 23.3 Å². The smallest absolute Gasteiger partial charge is 0.314 e. The first-order chi connectivity index (χ1) is 13.5. The summed E-state index contributed by atoms with van der Waals surface area (Å²) >= 11 is 0. The summed E-state index contributed by atoms with van der Waals surface area (Å²) in [6.07, 6.45) is 1.21. The van der Waals surface area contributed by atoms with Crippen molar-refractivity contribution < 1.29 is 19.1 Å². The molecule has 0 saturated carbocycles. The van der Waals surface area contributed by atoms with E-state index in [9.17, 15) is 14.4 Å². The molecule has 0 aliphatic rings. The maximum absolute atomic E-state index is 12.7. The third-order valence-corrected chi connectivity index (χ3v) is 4.78. The second-order valence-corrected chi connectivity index (χ2v) is 6.78. The van der Waals surface area contributed by atoms with Gasteiger partial charge >= 0.3 is 5.97 Å². The fourth-order valence-electron chi connectivity index (χ4n) is 2.89. The summed E-state index contributed by atoms with van der Waals surface area (Å²) in [5.74, 6) is -1.06. The molecule has 0 unspecified atom stereocenters. The first-order valence-electron chi connectivity index (χ1n) is 9.60. The van der Waals surface area contributed by atoms with Gasteiger partial charge in [-0.1, -0.05) is 57.5 Å². The van der Waals surface area contributed by atoms with Crippen molar-refractivity contribution in [3.8, 4) is 0 Å². The van der Waals surface area contributed by atoms with E-state index in [0.717, 1.165) is 12.0 Å². The average molecular weight is 381 g/mol. The number of rotatable bonds is 9. The Morgan fingerprint density at radius 2 is 1.61 bits per heavy atom. The maximum Gasteiger partial charge on any atom is 0.314 e. The number of carbonyl (C=O) groups is 3. The minimum atomic E-state index is -0.398. The highest BCUT2D eigenvalue weighted by atomic mass is 16.5. The van der Waals surface area contributed by atoms with Crippen LogP contribution in [0.1, 0.15) is 55.5 Å². The zero-order chi connectivity index (χ0) is 20.5. The molecule has 0 saturated heterocycles. The minimum Gasteiger partial charge on any atom is -0.457 e. The zero-order valence-corrected chi connectivity index (χ0v) is 16.6. The molecule has 1 N–H and O–H groups in total. The standard InChI is InChI=1S/C23H27NO4/c1-4-16(3)22(18-9-7-6-8-10-18)23(27)28-15-20(25)17-11-13-19(14-12-17)24-21(26)5-2/h6-14,16,22H,4-5,15H2,1-3H3,(H,24,26)/t16-,22+/m1/s1. The number of benzene rings is 2. The van der Waals surface area contributed by atoms with Gasteiger partial charge in [-0.05, 0) is 35.7 Å². The molecule has 0 spiro atoms. The van der Waals surface area contributed by atoms with Crippen LogP contribution in [0, 0.1) is 5.92 Å². The lowest BCUT2D eigenvalue weighted by Gasteiger charge is -2.21. The van der Waals surface area contributed by atoms with Crippen molar-refractivity contribution in [2.24, 2.45) is 5.92 Å². The fraction of sp³-hybridized carbons (Fsp3) is 0.348. The van der Waals surface area contributed by atoms with Crippen LogP contribution in [0.4, 0.5) is 5.69 Å². The molecule has 0 aliphatic heterocycles. The summed E-state index contributed by atoms with van der Waals surface area (Å²) in [6, 6.07) is 16.0. The lowest BCUT2D eigenvalue weighted by molar-refractivity contribution is -0.145. The van der Waals surface area contributed by atoms with E-state index in [-0.39, 0.29) is 30.2 Å². The van der Waals surface area contributed by atoms with Crippen LogP contribution < -0.4 is 5.32 Å². The normalized spacial score (nSPS) is 12.7. The molecule has 5 heteroatoms. The fourth-order valence-corrected chi connectivity index (χ4v) is 2.89. The Bertz CT molecular complexity index is 799. The van der Waals surface area contributed by atoms with Gasteiger partial charge in [-0.2, -0.15) is 0 Å². The molecule has 0 radical (unpaired) electrons. The molecule has 28 heavy (non-hydrogen) atoms. The van der Waals surface area contributed by atoms with Crippen LogP contribution in [0.25, 0.3) is 0 Å². The lowest BCUT2D eigenvalue weighted by atomic mass is 9.85. The lowest BCUT2D eigenvalue weighted by Crippen LogP contribution is -2.24. The molecular weight excluding hydrogens is 354 g/mol. The second-order valence-electron chi connectivity index (χ2n) is 6.78. The van der Waals surface area contributed by atoms with Crippen LogP contribution in [0.15, 0.2) is 54.6 Å². The van der Waals surface area contributed by atoms with Crippen LogP contribution in [0.2, 0.25) is 0 Å². The Morgan fingerprint density at radius 1 is 0.964 bits per heavy atom. The van der Waals surface area contributed by atoms with Crippen LogP contribution in [0.3, 0.4) is 0 Å². The van der Waals surface area contributed by atoms with Gasteiger partial charge in [0.05, 0.1) is 5.92 Å². The van der Waals surface area contributed by atoms with Gasteiger partial charge in [0.1, 0.15) is 0 Å². The van der Waals surface area contributed by atoms with Crippen molar-refractivity contribution in [2.45, 2.75) is 39.5 Å². The van der Waals surface area contributed by atoms with Crippen molar-refractivity contribution in [3.63, 3.8) is 0 Å². The highest BCUT2D eigenvalue weighted by Gasteiger charge is 2.27. The minimum absolute atomic E-state index is 0.0926. The number of ether oxygens (including phenoxy) is 1. The molecule has 0 bridgehead atoms. The van der Waals surface area contributed by atoms with Crippen molar-refractivity contribution in [3.05, 3.63) is 65.7 Å². The molecule has 2 atom stereocenters. The number of anilines is 1. The Hall–Kier alpha value is -2.95. The van der Waals surface area contributed by atoms with Gasteiger partial charge in [-0.25, -0.2) is 0 Å². The number of Topliss-reactive ketones (excluding diaryl/α,β-unsaturated/α-hetero) is 1. The van der Waals surface area contributed by atoms with Crippen molar-refractivity contribution in [2.75, 3.05) is 11.9 Å². The van der Waals surface area contributed by atoms with Gasteiger partial charge in [-0.15, -0.1) is 0 Å². The highest BCUT2D eigenvalue weighted by molar-refractivity contribution is 5.99. The quantitative estimate of drug-likeness (QED) is 0.509. The van der Waals surface area contributed by atoms with Gasteiger partial charge in [0.2, 0.25) is 5.91 Å². The number of amides is 1. The molecule has 0 aromatic heterocycles. The van der Waals surface area contributed by atoms with E-state index in [1.165, 1.54) is 0 Å². The molecule has 5 nitrogen and oxygen atoms in total. The van der Waals surface area contributed by atoms with Crippen molar-refractivity contribution in [1.29, 1.82) is 0 Å². The number of carbonyl (C=O) groups excluding carboxylic acids is 3. The number of ketones is 1. The first-order valence-corrected chi connectivity index (χ1v) is 9.60. The summed E-state index contributed by atoms with van der Waals surface area (Å²) in [4.78, 5) is 36.4. The van der Waals surface area contributed by atoms with E-state index < -0.39 is 5.92 Å². The van der Waals surface area contributed by atoms with E-state index in [0.29, 0.717) is 17.7 Å². The Kier molecular flexibility index (Phi) is 7.93. The number of hydrogen-bond acceptors (Lipinski definition) is 4. The topological polar surface area (TPSA) is 72.5 Å². The van der Waals surface area contributed by atoms with Crippen LogP contribution in [-0.2, 0) is 14.3 Å². The summed E-state index contributed by atoms with van der Waals surface area (Å²) in [5, 5.41) is 2.72. The summed E-state index contributed by atoms with van der Waals surface area (Å²) in [5.41, 5.74) is 1.95. The molecule has 1 amide bonds.